The van der Waals surface area contributed by atoms with E-state index in [4.69, 9.17) is 9.47 Å². The topological polar surface area (TPSA) is 140 Å². The van der Waals surface area contributed by atoms with Crippen molar-refractivity contribution in [1.29, 1.82) is 0 Å². The third-order valence-electron chi connectivity index (χ3n) is 6.65. The van der Waals surface area contributed by atoms with Crippen LogP contribution < -0.4 is 0 Å². The van der Waals surface area contributed by atoms with Crippen LogP contribution in [-0.4, -0.2) is 92.7 Å². The van der Waals surface area contributed by atoms with Gasteiger partial charge in [-0.25, -0.2) is 0 Å². The van der Waals surface area contributed by atoms with Crippen LogP contribution in [0.3, 0.4) is 0 Å². The highest BCUT2D eigenvalue weighted by Crippen LogP contribution is 2.25. The molecule has 0 aromatic heterocycles. The molecule has 2 fully saturated rings. The Kier molecular flexibility index (Phi) is 9.88. The first-order chi connectivity index (χ1) is 15.4. The van der Waals surface area contributed by atoms with E-state index in [1.54, 1.807) is 0 Å². The Labute approximate surface area is 189 Å². The average molecular weight is 455 g/mol. The molecule has 0 radical (unpaired) electrons. The van der Waals surface area contributed by atoms with Gasteiger partial charge in [-0.2, -0.15) is 0 Å². The normalized spacial score (nSPS) is 35.7. The summed E-state index contributed by atoms with van der Waals surface area (Å²) < 4.78 is 11.3. The molecule has 5 unspecified atom stereocenters. The van der Waals surface area contributed by atoms with Crippen molar-refractivity contribution < 1.29 is 40.1 Å². The summed E-state index contributed by atoms with van der Waals surface area (Å²) in [5.41, 5.74) is 2.38. The van der Waals surface area contributed by atoms with Crippen molar-refractivity contribution in [2.75, 3.05) is 13.2 Å². The Balaban J connectivity index is 1.38. The number of hydrogen-bond donors (Lipinski definition) is 6. The zero-order valence-electron chi connectivity index (χ0n) is 18.5. The highest BCUT2D eigenvalue weighted by molar-refractivity contribution is 5.22. The number of aliphatic hydroxyl groups is 6. The van der Waals surface area contributed by atoms with E-state index >= 15 is 0 Å². The molecule has 8 atom stereocenters. The number of aliphatic hydroxyl groups excluding tert-OH is 6. The third-order valence-corrected chi connectivity index (χ3v) is 6.65. The average Bonchev–Trinajstić information content (AvgIpc) is 2.79. The van der Waals surface area contributed by atoms with Crippen LogP contribution >= 0.6 is 0 Å². The fourth-order valence-electron chi connectivity index (χ4n) is 4.67. The highest BCUT2D eigenvalue weighted by atomic mass is 16.5. The molecule has 1 aromatic carbocycles. The monoisotopic (exact) mass is 454 g/mol. The largest absolute Gasteiger partial charge is 0.394 e. The Hall–Kier alpha value is -1.10. The molecule has 2 heterocycles. The van der Waals surface area contributed by atoms with Gasteiger partial charge in [-0.1, -0.05) is 24.3 Å². The van der Waals surface area contributed by atoms with E-state index in [0.29, 0.717) is 12.8 Å². The number of aryl methyl sites for hydroxylation is 2. The van der Waals surface area contributed by atoms with Crippen molar-refractivity contribution >= 4 is 0 Å². The van der Waals surface area contributed by atoms with Gasteiger partial charge >= 0.3 is 0 Å². The summed E-state index contributed by atoms with van der Waals surface area (Å²) in [6.07, 6.45) is -0.0916. The zero-order chi connectivity index (χ0) is 23.1. The minimum absolute atomic E-state index is 0.155. The van der Waals surface area contributed by atoms with E-state index in [-0.39, 0.29) is 32.2 Å². The molecule has 182 valence electrons. The summed E-state index contributed by atoms with van der Waals surface area (Å²) in [5.74, 6) is 0. The molecular formula is C24H38O8. The van der Waals surface area contributed by atoms with Gasteiger partial charge in [0.25, 0.3) is 0 Å². The fourth-order valence-corrected chi connectivity index (χ4v) is 4.67. The maximum atomic E-state index is 10.1. The molecule has 2 saturated heterocycles. The lowest BCUT2D eigenvalue weighted by Crippen LogP contribution is -2.49. The summed E-state index contributed by atoms with van der Waals surface area (Å²) in [5, 5.41) is 58.5. The van der Waals surface area contributed by atoms with Crippen molar-refractivity contribution in [3.63, 3.8) is 0 Å². The van der Waals surface area contributed by atoms with Gasteiger partial charge in [0, 0.05) is 12.8 Å². The van der Waals surface area contributed by atoms with E-state index in [1.807, 2.05) is 0 Å². The summed E-state index contributed by atoms with van der Waals surface area (Å²) in [6, 6.07) is 8.35. The van der Waals surface area contributed by atoms with Gasteiger partial charge in [0.05, 0.1) is 49.8 Å². The van der Waals surface area contributed by atoms with Gasteiger partial charge < -0.3 is 40.1 Å². The minimum Gasteiger partial charge on any atom is -0.394 e. The molecule has 0 amide bonds. The SMILES string of the molecule is OCC1CC(O)C(O)[C@@H](CCCc2ccc(CCCC3O[C@H](CO)C(O)C[C@@H]3O)cc2)O1. The summed E-state index contributed by atoms with van der Waals surface area (Å²) in [7, 11) is 0. The van der Waals surface area contributed by atoms with Crippen molar-refractivity contribution in [3.8, 4) is 0 Å². The van der Waals surface area contributed by atoms with Gasteiger partial charge in [0.2, 0.25) is 0 Å². The maximum Gasteiger partial charge on any atom is 0.107 e. The molecule has 0 spiro atoms. The van der Waals surface area contributed by atoms with Gasteiger partial charge in [0.15, 0.2) is 0 Å². The second-order valence-electron chi connectivity index (χ2n) is 9.14. The first-order valence-corrected chi connectivity index (χ1v) is 11.7. The lowest BCUT2D eigenvalue weighted by molar-refractivity contribution is -0.181. The van der Waals surface area contributed by atoms with Crippen LogP contribution in [0.25, 0.3) is 0 Å². The summed E-state index contributed by atoms with van der Waals surface area (Å²) >= 11 is 0. The summed E-state index contributed by atoms with van der Waals surface area (Å²) in [4.78, 5) is 0. The Morgan fingerprint density at radius 1 is 0.656 bits per heavy atom. The Bertz CT molecular complexity index is 668. The van der Waals surface area contributed by atoms with Crippen molar-refractivity contribution in [3.05, 3.63) is 35.4 Å². The molecule has 32 heavy (non-hydrogen) atoms. The molecule has 1 aromatic rings. The Morgan fingerprint density at radius 2 is 1.22 bits per heavy atom. The standard InChI is InChI=1S/C24H38O8/c25-13-17-11-20(29)24(30)22(31-17)6-2-4-16-9-7-15(8-10-16)3-1-5-21-18(27)12-19(28)23(14-26)32-21/h7-10,17-30H,1-6,11-14H2/t17?,18-,19?,20?,21?,22+,23+,24?/m0/s1. The molecule has 6 N–H and O–H groups in total. The molecule has 0 aliphatic carbocycles. The number of rotatable bonds is 10. The lowest BCUT2D eigenvalue weighted by atomic mass is 9.93. The van der Waals surface area contributed by atoms with Crippen LogP contribution in [0, 0.1) is 0 Å². The van der Waals surface area contributed by atoms with Crippen molar-refractivity contribution in [2.24, 2.45) is 0 Å². The van der Waals surface area contributed by atoms with Crippen LogP contribution in [0.5, 0.6) is 0 Å². The zero-order valence-corrected chi connectivity index (χ0v) is 18.5. The number of ether oxygens (including phenoxy) is 2. The molecular weight excluding hydrogens is 416 g/mol. The third kappa shape index (κ3) is 6.95. The molecule has 0 saturated carbocycles. The quantitative estimate of drug-likeness (QED) is 0.292. The minimum atomic E-state index is -0.914. The van der Waals surface area contributed by atoms with Gasteiger partial charge in [0.1, 0.15) is 12.2 Å². The second kappa shape index (κ2) is 12.4. The molecule has 0 bridgehead atoms. The van der Waals surface area contributed by atoms with E-state index in [9.17, 15) is 30.6 Å². The lowest BCUT2D eigenvalue weighted by Gasteiger charge is -2.36. The van der Waals surface area contributed by atoms with E-state index in [0.717, 1.165) is 25.7 Å². The van der Waals surface area contributed by atoms with Crippen LogP contribution in [-0.2, 0) is 22.3 Å². The van der Waals surface area contributed by atoms with Gasteiger partial charge in [-0.15, -0.1) is 0 Å². The molecule has 2 aliphatic rings. The molecule has 3 rings (SSSR count). The molecule has 8 heteroatoms. The number of benzene rings is 1. The first kappa shape index (κ1) is 25.5. The summed E-state index contributed by atoms with van der Waals surface area (Å²) in [6.45, 7) is -0.405. The fraction of sp³-hybridized carbons (Fsp3) is 0.750. The Morgan fingerprint density at radius 3 is 1.78 bits per heavy atom. The molecule has 8 nitrogen and oxygen atoms in total. The van der Waals surface area contributed by atoms with Crippen LogP contribution in [0.15, 0.2) is 24.3 Å². The van der Waals surface area contributed by atoms with Crippen LogP contribution in [0.4, 0.5) is 0 Å². The van der Waals surface area contributed by atoms with Gasteiger partial charge in [-0.3, -0.25) is 0 Å². The van der Waals surface area contributed by atoms with E-state index in [2.05, 4.69) is 24.3 Å². The van der Waals surface area contributed by atoms with Gasteiger partial charge in [-0.05, 0) is 49.7 Å². The predicted molar refractivity (Wildman–Crippen MR) is 117 cm³/mol. The van der Waals surface area contributed by atoms with E-state index < -0.39 is 42.7 Å². The smallest absolute Gasteiger partial charge is 0.107 e. The second-order valence-corrected chi connectivity index (χ2v) is 9.14. The van der Waals surface area contributed by atoms with Crippen molar-refractivity contribution in [2.45, 2.75) is 100 Å². The maximum absolute atomic E-state index is 10.1. The van der Waals surface area contributed by atoms with Crippen molar-refractivity contribution in [1.82, 2.24) is 0 Å². The van der Waals surface area contributed by atoms with Crippen LogP contribution in [0.2, 0.25) is 0 Å². The van der Waals surface area contributed by atoms with Crippen LogP contribution in [0.1, 0.15) is 49.7 Å². The highest BCUT2D eigenvalue weighted by Gasteiger charge is 2.36. The first-order valence-electron chi connectivity index (χ1n) is 11.7. The molecule has 2 aliphatic heterocycles. The predicted octanol–water partition coefficient (Wildman–Crippen LogP) is 0.0752. The van der Waals surface area contributed by atoms with E-state index in [1.165, 1.54) is 11.1 Å². The number of hydrogen-bond acceptors (Lipinski definition) is 8.